The lowest BCUT2D eigenvalue weighted by molar-refractivity contribution is 0.706. The molecule has 84 valence electrons. The molecule has 1 atom stereocenters. The first-order valence-corrected chi connectivity index (χ1v) is 5.64. The van der Waals surface area contributed by atoms with Gasteiger partial charge in [0, 0.05) is 30.9 Å². The number of halogens is 1. The van der Waals surface area contributed by atoms with Crippen molar-refractivity contribution in [2.24, 2.45) is 0 Å². The van der Waals surface area contributed by atoms with Crippen LogP contribution in [0, 0.1) is 0 Å². The molecule has 0 spiro atoms. The molecule has 1 unspecified atom stereocenters. The van der Waals surface area contributed by atoms with E-state index in [1.54, 1.807) is 17.0 Å². The fourth-order valence-electron chi connectivity index (χ4n) is 1.24. The molecule has 15 heavy (non-hydrogen) atoms. The molecule has 0 aliphatic heterocycles. The molecule has 5 heteroatoms. The Hall–Kier alpha value is -1.03. The first kappa shape index (κ1) is 12.0. The average molecular weight is 230 g/mol. The van der Waals surface area contributed by atoms with Crippen LogP contribution >= 0.6 is 11.6 Å². The Morgan fingerprint density at radius 3 is 2.87 bits per heavy atom. The lowest BCUT2D eigenvalue weighted by Gasteiger charge is -2.14. The van der Waals surface area contributed by atoms with Crippen molar-refractivity contribution >= 4 is 17.4 Å². The predicted octanol–water partition coefficient (Wildman–Crippen LogP) is 1.69. The number of aromatic nitrogens is 2. The van der Waals surface area contributed by atoms with Crippen LogP contribution in [0.4, 0.5) is 5.82 Å². The number of hydrogen-bond acceptors (Lipinski definition) is 3. The maximum atomic E-state index is 11.8. The molecule has 1 aromatic rings. The van der Waals surface area contributed by atoms with E-state index in [4.69, 9.17) is 11.6 Å². The summed E-state index contributed by atoms with van der Waals surface area (Å²) in [7, 11) is 0. The molecule has 0 radical (unpaired) electrons. The summed E-state index contributed by atoms with van der Waals surface area (Å²) in [4.78, 5) is 15.8. The van der Waals surface area contributed by atoms with Crippen LogP contribution in [-0.2, 0) is 6.54 Å². The summed E-state index contributed by atoms with van der Waals surface area (Å²) in [6.45, 7) is 4.58. The minimum atomic E-state index is -0.0939. The second-order valence-corrected chi connectivity index (χ2v) is 3.58. The van der Waals surface area contributed by atoms with Crippen LogP contribution in [0.15, 0.2) is 17.2 Å². The number of hydrogen-bond donors (Lipinski definition) is 1. The predicted molar refractivity (Wildman–Crippen MR) is 62.6 cm³/mol. The third-order valence-electron chi connectivity index (χ3n) is 2.27. The summed E-state index contributed by atoms with van der Waals surface area (Å²) in [5.41, 5.74) is -0.0939. The molecule has 0 saturated carbocycles. The molecule has 0 fully saturated rings. The Labute approximate surface area is 94.3 Å². The van der Waals surface area contributed by atoms with Crippen molar-refractivity contribution in [1.82, 2.24) is 9.55 Å². The number of anilines is 1. The van der Waals surface area contributed by atoms with Crippen LogP contribution in [0.1, 0.15) is 20.3 Å². The van der Waals surface area contributed by atoms with Gasteiger partial charge >= 0.3 is 0 Å². The van der Waals surface area contributed by atoms with Crippen LogP contribution in [0.5, 0.6) is 0 Å². The van der Waals surface area contributed by atoms with Crippen LogP contribution in [0.25, 0.3) is 0 Å². The van der Waals surface area contributed by atoms with E-state index in [0.717, 1.165) is 6.42 Å². The summed E-state index contributed by atoms with van der Waals surface area (Å²) in [6, 6.07) is 0.0968. The van der Waals surface area contributed by atoms with Gasteiger partial charge in [0.1, 0.15) is 0 Å². The smallest absolute Gasteiger partial charge is 0.293 e. The number of aryl methyl sites for hydroxylation is 1. The first-order valence-electron chi connectivity index (χ1n) is 5.10. The maximum absolute atomic E-state index is 11.8. The SMILES string of the molecule is CCC(CCl)Nc1nccn(CC)c1=O. The van der Waals surface area contributed by atoms with E-state index in [-0.39, 0.29) is 11.6 Å². The molecule has 0 saturated heterocycles. The molecule has 0 aliphatic carbocycles. The van der Waals surface area contributed by atoms with Crippen molar-refractivity contribution in [3.8, 4) is 0 Å². The van der Waals surface area contributed by atoms with Crippen LogP contribution in [-0.4, -0.2) is 21.5 Å². The standard InChI is InChI=1S/C10H16ClN3O/c1-3-8(7-11)13-9-10(15)14(4-2)6-5-12-9/h5-6,8H,3-4,7H2,1-2H3,(H,12,13). The second kappa shape index (κ2) is 5.75. The van der Waals surface area contributed by atoms with Gasteiger partial charge in [-0.1, -0.05) is 6.92 Å². The number of nitrogens with one attached hydrogen (secondary N) is 1. The van der Waals surface area contributed by atoms with Gasteiger partial charge in [-0.25, -0.2) is 4.98 Å². The molecule has 0 aromatic carbocycles. The fourth-order valence-corrected chi connectivity index (χ4v) is 1.53. The monoisotopic (exact) mass is 229 g/mol. The quantitative estimate of drug-likeness (QED) is 0.782. The Morgan fingerprint density at radius 2 is 2.33 bits per heavy atom. The summed E-state index contributed by atoms with van der Waals surface area (Å²) in [6.07, 6.45) is 4.16. The van der Waals surface area contributed by atoms with Crippen LogP contribution in [0.3, 0.4) is 0 Å². The van der Waals surface area contributed by atoms with Crippen molar-refractivity contribution in [1.29, 1.82) is 0 Å². The summed E-state index contributed by atoms with van der Waals surface area (Å²) in [5.74, 6) is 0.852. The molecule has 1 heterocycles. The highest BCUT2D eigenvalue weighted by Crippen LogP contribution is 2.02. The first-order chi connectivity index (χ1) is 7.22. The maximum Gasteiger partial charge on any atom is 0.293 e. The molecular weight excluding hydrogens is 214 g/mol. The van der Waals surface area contributed by atoms with Gasteiger partial charge < -0.3 is 9.88 Å². The zero-order chi connectivity index (χ0) is 11.3. The van der Waals surface area contributed by atoms with Crippen LogP contribution in [0.2, 0.25) is 0 Å². The van der Waals surface area contributed by atoms with Gasteiger partial charge in [-0.15, -0.1) is 11.6 Å². The van der Waals surface area contributed by atoms with E-state index < -0.39 is 0 Å². The fraction of sp³-hybridized carbons (Fsp3) is 0.600. The average Bonchev–Trinajstić information content (AvgIpc) is 2.28. The zero-order valence-electron chi connectivity index (χ0n) is 9.03. The van der Waals surface area contributed by atoms with Gasteiger partial charge in [0.25, 0.3) is 5.56 Å². The van der Waals surface area contributed by atoms with Gasteiger partial charge in [0.05, 0.1) is 0 Å². The van der Waals surface area contributed by atoms with E-state index in [1.807, 2.05) is 13.8 Å². The van der Waals surface area contributed by atoms with Gasteiger partial charge in [0.15, 0.2) is 5.82 Å². The van der Waals surface area contributed by atoms with E-state index in [0.29, 0.717) is 18.2 Å². The van der Waals surface area contributed by atoms with Crippen LogP contribution < -0.4 is 10.9 Å². The third kappa shape index (κ3) is 2.96. The van der Waals surface area contributed by atoms with Gasteiger partial charge in [-0.05, 0) is 13.3 Å². The molecular formula is C10H16ClN3O. The molecule has 0 aliphatic rings. The highest BCUT2D eigenvalue weighted by molar-refractivity contribution is 6.18. The van der Waals surface area contributed by atoms with Gasteiger partial charge in [-0.2, -0.15) is 0 Å². The lowest BCUT2D eigenvalue weighted by atomic mass is 10.2. The van der Waals surface area contributed by atoms with E-state index in [9.17, 15) is 4.79 Å². The molecule has 0 bridgehead atoms. The summed E-state index contributed by atoms with van der Waals surface area (Å²) in [5, 5.41) is 3.04. The molecule has 1 N–H and O–H groups in total. The van der Waals surface area contributed by atoms with Crippen molar-refractivity contribution in [2.45, 2.75) is 32.9 Å². The Balaban J connectivity index is 2.90. The van der Waals surface area contributed by atoms with Crippen molar-refractivity contribution in [2.75, 3.05) is 11.2 Å². The van der Waals surface area contributed by atoms with Crippen molar-refractivity contribution in [3.63, 3.8) is 0 Å². The van der Waals surface area contributed by atoms with E-state index in [1.165, 1.54) is 0 Å². The topological polar surface area (TPSA) is 46.9 Å². The Bertz CT molecular complexity index is 360. The molecule has 1 rings (SSSR count). The lowest BCUT2D eigenvalue weighted by Crippen LogP contribution is -2.29. The highest BCUT2D eigenvalue weighted by Gasteiger charge is 2.08. The number of nitrogens with zero attached hydrogens (tertiary/aromatic N) is 2. The minimum absolute atomic E-state index is 0.0939. The van der Waals surface area contributed by atoms with Crippen molar-refractivity contribution < 1.29 is 0 Å². The number of alkyl halides is 1. The molecule has 0 amide bonds. The number of rotatable bonds is 5. The van der Waals surface area contributed by atoms with E-state index >= 15 is 0 Å². The van der Waals surface area contributed by atoms with Gasteiger partial charge in [0.2, 0.25) is 0 Å². The molecule has 1 aromatic heterocycles. The van der Waals surface area contributed by atoms with Crippen molar-refractivity contribution in [3.05, 3.63) is 22.7 Å². The normalized spacial score (nSPS) is 12.5. The zero-order valence-corrected chi connectivity index (χ0v) is 9.79. The van der Waals surface area contributed by atoms with E-state index in [2.05, 4.69) is 10.3 Å². The summed E-state index contributed by atoms with van der Waals surface area (Å²) >= 11 is 5.74. The molecule has 4 nitrogen and oxygen atoms in total. The third-order valence-corrected chi connectivity index (χ3v) is 2.65. The summed E-state index contributed by atoms with van der Waals surface area (Å²) < 4.78 is 1.61. The Morgan fingerprint density at radius 1 is 1.60 bits per heavy atom. The Kier molecular flexibility index (Phi) is 4.62. The second-order valence-electron chi connectivity index (χ2n) is 3.27. The highest BCUT2D eigenvalue weighted by atomic mass is 35.5. The largest absolute Gasteiger partial charge is 0.362 e. The van der Waals surface area contributed by atoms with Gasteiger partial charge in [-0.3, -0.25) is 4.79 Å². The minimum Gasteiger partial charge on any atom is -0.362 e.